The number of rotatable bonds is 5. The number of hydrogen-bond donors (Lipinski definition) is 3. The van der Waals surface area contributed by atoms with Crippen molar-refractivity contribution in [2.24, 2.45) is 0 Å². The van der Waals surface area contributed by atoms with E-state index in [1.54, 1.807) is 14.0 Å². The number of H-pyrrole nitrogens is 1. The van der Waals surface area contributed by atoms with Gasteiger partial charge in [0.1, 0.15) is 4.88 Å². The number of ether oxygens (including phenoxy) is 1. The molecule has 1 amide bonds. The van der Waals surface area contributed by atoms with Crippen LogP contribution in [0.15, 0.2) is 6.20 Å². The first-order chi connectivity index (χ1) is 12.4. The first-order valence-electron chi connectivity index (χ1n) is 7.89. The van der Waals surface area contributed by atoms with Gasteiger partial charge in [0.2, 0.25) is 0 Å². The van der Waals surface area contributed by atoms with Crippen molar-refractivity contribution in [3.8, 4) is 0 Å². The lowest BCUT2D eigenvalue weighted by atomic mass is 10.0. The fourth-order valence-electron chi connectivity index (χ4n) is 2.79. The van der Waals surface area contributed by atoms with Crippen LogP contribution in [0.2, 0.25) is 5.15 Å². The van der Waals surface area contributed by atoms with Crippen LogP contribution in [0.1, 0.15) is 32.4 Å². The Balaban J connectivity index is 1.65. The van der Waals surface area contributed by atoms with Crippen molar-refractivity contribution in [3.63, 3.8) is 0 Å². The number of amides is 1. The van der Waals surface area contributed by atoms with E-state index < -0.39 is 5.97 Å². The topological polar surface area (TPSA) is 120 Å². The summed E-state index contributed by atoms with van der Waals surface area (Å²) in [5.74, 6) is -1.18. The Morgan fingerprint density at radius 3 is 2.88 bits per heavy atom. The Morgan fingerprint density at radius 1 is 1.54 bits per heavy atom. The van der Waals surface area contributed by atoms with Crippen molar-refractivity contribution < 1.29 is 19.4 Å². The highest BCUT2D eigenvalue weighted by atomic mass is 35.5. The molecule has 2 unspecified atom stereocenters. The van der Waals surface area contributed by atoms with Crippen LogP contribution in [0.5, 0.6) is 0 Å². The molecule has 0 radical (unpaired) electrons. The number of methoxy groups -OCH3 is 1. The molecule has 0 aliphatic carbocycles. The quantitative estimate of drug-likeness (QED) is 0.697. The van der Waals surface area contributed by atoms with E-state index in [4.69, 9.17) is 21.4 Å². The molecule has 1 saturated heterocycles. The van der Waals surface area contributed by atoms with Gasteiger partial charge in [-0.1, -0.05) is 22.9 Å². The third-order valence-corrected chi connectivity index (χ3v) is 5.61. The number of thiazole rings is 1. The second-order valence-corrected chi connectivity index (χ2v) is 7.27. The number of hydrogen-bond acceptors (Lipinski definition) is 7. The van der Waals surface area contributed by atoms with Crippen LogP contribution in [0.4, 0.5) is 5.13 Å². The molecule has 2 atom stereocenters. The standard InChI is InChI=1S/C15H18ClN5O4S/c1-7-11(16)20-12(18-7)13(22)19-8-3-4-21(6-9(8)25-2)15-17-5-10(26-15)14(23)24/h5,8-9H,3-4,6H2,1-2H3,(H,18,20)(H,19,22)(H,23,24). The van der Waals surface area contributed by atoms with Gasteiger partial charge >= 0.3 is 5.97 Å². The second-order valence-electron chi connectivity index (χ2n) is 5.90. The molecular formula is C15H18ClN5O4S. The first kappa shape index (κ1) is 18.6. The Morgan fingerprint density at radius 2 is 2.31 bits per heavy atom. The van der Waals surface area contributed by atoms with Gasteiger partial charge in [0.25, 0.3) is 5.91 Å². The molecule has 0 saturated carbocycles. The van der Waals surface area contributed by atoms with Crippen LogP contribution >= 0.6 is 22.9 Å². The summed E-state index contributed by atoms with van der Waals surface area (Å²) in [5.41, 5.74) is 0.632. The van der Waals surface area contributed by atoms with E-state index >= 15 is 0 Å². The normalized spacial score (nSPS) is 20.2. The SMILES string of the molecule is COC1CN(c2ncc(C(=O)O)s2)CCC1NC(=O)c1nc(Cl)c(C)[nH]1. The van der Waals surface area contributed by atoms with Crippen molar-refractivity contribution in [2.45, 2.75) is 25.5 Å². The summed E-state index contributed by atoms with van der Waals surface area (Å²) < 4.78 is 5.52. The monoisotopic (exact) mass is 399 g/mol. The number of aromatic nitrogens is 3. The van der Waals surface area contributed by atoms with Crippen LogP contribution < -0.4 is 10.2 Å². The molecule has 0 bridgehead atoms. The van der Waals surface area contributed by atoms with E-state index in [9.17, 15) is 9.59 Å². The second kappa shape index (κ2) is 7.60. The van der Waals surface area contributed by atoms with Crippen molar-refractivity contribution in [3.05, 3.63) is 27.7 Å². The molecule has 1 aliphatic heterocycles. The molecular weight excluding hydrogens is 382 g/mol. The zero-order valence-electron chi connectivity index (χ0n) is 14.2. The predicted molar refractivity (Wildman–Crippen MR) is 96.3 cm³/mol. The smallest absolute Gasteiger partial charge is 0.347 e. The van der Waals surface area contributed by atoms with E-state index in [0.717, 1.165) is 11.3 Å². The number of carbonyl (C=O) groups excluding carboxylic acids is 1. The van der Waals surface area contributed by atoms with Gasteiger partial charge < -0.3 is 25.0 Å². The number of carbonyl (C=O) groups is 2. The molecule has 26 heavy (non-hydrogen) atoms. The van der Waals surface area contributed by atoms with Gasteiger partial charge in [-0.15, -0.1) is 0 Å². The zero-order chi connectivity index (χ0) is 18.8. The number of nitrogens with one attached hydrogen (secondary N) is 2. The summed E-state index contributed by atoms with van der Waals surface area (Å²) in [7, 11) is 1.58. The van der Waals surface area contributed by atoms with E-state index in [-0.39, 0.29) is 33.9 Å². The minimum Gasteiger partial charge on any atom is -0.477 e. The molecule has 9 nitrogen and oxygen atoms in total. The van der Waals surface area contributed by atoms with Crippen LogP contribution in [0.3, 0.4) is 0 Å². The van der Waals surface area contributed by atoms with Gasteiger partial charge in [-0.25, -0.2) is 14.8 Å². The minimum atomic E-state index is -0.994. The number of aromatic amines is 1. The number of halogens is 1. The lowest BCUT2D eigenvalue weighted by Gasteiger charge is -2.37. The van der Waals surface area contributed by atoms with Gasteiger partial charge in [-0.2, -0.15) is 0 Å². The highest BCUT2D eigenvalue weighted by molar-refractivity contribution is 7.17. The molecule has 3 heterocycles. The molecule has 3 rings (SSSR count). The summed E-state index contributed by atoms with van der Waals surface area (Å²) in [6, 6.07) is -0.202. The summed E-state index contributed by atoms with van der Waals surface area (Å²) in [4.78, 5) is 36.5. The summed E-state index contributed by atoms with van der Waals surface area (Å²) in [6.07, 6.45) is 1.71. The lowest BCUT2D eigenvalue weighted by Crippen LogP contribution is -2.55. The average molecular weight is 400 g/mol. The Labute approximate surface area is 158 Å². The molecule has 1 aliphatic rings. The molecule has 11 heteroatoms. The van der Waals surface area contributed by atoms with Gasteiger partial charge in [0, 0.05) is 20.2 Å². The largest absolute Gasteiger partial charge is 0.477 e. The highest BCUT2D eigenvalue weighted by Crippen LogP contribution is 2.26. The Hall–Kier alpha value is -2.17. The Bertz CT molecular complexity index is 803. The minimum absolute atomic E-state index is 0.163. The highest BCUT2D eigenvalue weighted by Gasteiger charge is 2.32. The summed E-state index contributed by atoms with van der Waals surface area (Å²) in [6.45, 7) is 2.85. The van der Waals surface area contributed by atoms with Crippen molar-refractivity contribution in [2.75, 3.05) is 25.1 Å². The number of anilines is 1. The number of imidazole rings is 1. The maximum atomic E-state index is 12.4. The van der Waals surface area contributed by atoms with Crippen LogP contribution in [-0.2, 0) is 4.74 Å². The predicted octanol–water partition coefficient (Wildman–Crippen LogP) is 1.55. The van der Waals surface area contributed by atoms with Gasteiger partial charge in [0.05, 0.1) is 24.0 Å². The molecule has 3 N–H and O–H groups in total. The molecule has 0 spiro atoms. The number of nitrogens with zero attached hydrogens (tertiary/aromatic N) is 3. The number of aryl methyl sites for hydroxylation is 1. The van der Waals surface area contributed by atoms with E-state index in [0.29, 0.717) is 30.3 Å². The molecule has 0 aromatic carbocycles. The van der Waals surface area contributed by atoms with E-state index in [2.05, 4.69) is 20.3 Å². The maximum Gasteiger partial charge on any atom is 0.347 e. The fourth-order valence-corrected chi connectivity index (χ4v) is 3.71. The third kappa shape index (κ3) is 3.81. The van der Waals surface area contributed by atoms with Gasteiger partial charge in [-0.05, 0) is 13.3 Å². The first-order valence-corrected chi connectivity index (χ1v) is 9.08. The molecule has 1 fully saturated rings. The van der Waals surface area contributed by atoms with Crippen LogP contribution in [0.25, 0.3) is 0 Å². The lowest BCUT2D eigenvalue weighted by molar-refractivity contribution is 0.0538. The van der Waals surface area contributed by atoms with Crippen molar-refractivity contribution in [1.29, 1.82) is 0 Å². The average Bonchev–Trinajstić information content (AvgIpc) is 3.23. The number of piperidine rings is 1. The zero-order valence-corrected chi connectivity index (χ0v) is 15.7. The molecule has 2 aromatic heterocycles. The van der Waals surface area contributed by atoms with Gasteiger partial charge in [0.15, 0.2) is 16.1 Å². The fraction of sp³-hybridized carbons (Fsp3) is 0.467. The van der Waals surface area contributed by atoms with Gasteiger partial charge in [-0.3, -0.25) is 4.79 Å². The van der Waals surface area contributed by atoms with Crippen molar-refractivity contribution in [1.82, 2.24) is 20.3 Å². The van der Waals surface area contributed by atoms with Crippen LogP contribution in [0, 0.1) is 6.92 Å². The molecule has 140 valence electrons. The van der Waals surface area contributed by atoms with Crippen LogP contribution in [-0.4, -0.2) is 64.3 Å². The number of carboxylic acids is 1. The third-order valence-electron chi connectivity index (χ3n) is 4.19. The number of aromatic carboxylic acids is 1. The van der Waals surface area contributed by atoms with E-state index in [1.165, 1.54) is 6.20 Å². The summed E-state index contributed by atoms with van der Waals surface area (Å²) in [5, 5.41) is 12.8. The van der Waals surface area contributed by atoms with Crippen molar-refractivity contribution >= 4 is 39.9 Å². The Kier molecular flexibility index (Phi) is 5.44. The summed E-state index contributed by atoms with van der Waals surface area (Å²) >= 11 is 7.00. The van der Waals surface area contributed by atoms with E-state index in [1.807, 2.05) is 4.90 Å². The molecule has 2 aromatic rings. The number of carboxylic acid groups (broad SMARTS) is 1. The maximum absolute atomic E-state index is 12.4.